The van der Waals surface area contributed by atoms with Crippen LogP contribution in [0.5, 0.6) is 5.75 Å². The largest absolute Gasteiger partial charge is 0.495 e. The van der Waals surface area contributed by atoms with Gasteiger partial charge in [-0.1, -0.05) is 11.6 Å². The van der Waals surface area contributed by atoms with Gasteiger partial charge in [-0.05, 0) is 31.0 Å². The smallest absolute Gasteiger partial charge is 0.238 e. The minimum Gasteiger partial charge on any atom is -0.495 e. The first-order chi connectivity index (χ1) is 12.5. The van der Waals surface area contributed by atoms with Crippen molar-refractivity contribution < 1.29 is 14.3 Å². The molecule has 2 fully saturated rings. The second kappa shape index (κ2) is 8.70. The van der Waals surface area contributed by atoms with E-state index in [9.17, 15) is 9.59 Å². The molecule has 0 radical (unpaired) electrons. The van der Waals surface area contributed by atoms with Crippen molar-refractivity contribution in [2.24, 2.45) is 0 Å². The number of methoxy groups -OCH3 is 1. The number of anilines is 1. The Bertz CT molecular complexity index is 658. The first-order valence-corrected chi connectivity index (χ1v) is 9.29. The number of nitrogens with zero attached hydrogens (tertiary/aromatic N) is 2. The van der Waals surface area contributed by atoms with Crippen LogP contribution in [0.1, 0.15) is 12.8 Å². The summed E-state index contributed by atoms with van der Waals surface area (Å²) in [7, 11) is 1.55. The molecule has 1 aliphatic heterocycles. The summed E-state index contributed by atoms with van der Waals surface area (Å²) in [6, 6.07) is 5.57. The van der Waals surface area contributed by atoms with Crippen LogP contribution in [-0.4, -0.2) is 74.0 Å². The molecule has 2 amide bonds. The second-order valence-corrected chi connectivity index (χ2v) is 7.20. The third-order valence-electron chi connectivity index (χ3n) is 4.58. The molecule has 26 heavy (non-hydrogen) atoms. The number of carbonyl (C=O) groups is 2. The molecule has 1 aromatic carbocycles. The van der Waals surface area contributed by atoms with Crippen LogP contribution in [0.15, 0.2) is 18.2 Å². The zero-order valence-corrected chi connectivity index (χ0v) is 15.7. The molecule has 1 saturated carbocycles. The molecule has 1 saturated heterocycles. The summed E-state index contributed by atoms with van der Waals surface area (Å²) in [4.78, 5) is 28.3. The van der Waals surface area contributed by atoms with E-state index < -0.39 is 0 Å². The molecule has 1 aliphatic carbocycles. The van der Waals surface area contributed by atoms with Gasteiger partial charge in [0.1, 0.15) is 5.75 Å². The van der Waals surface area contributed by atoms with Crippen LogP contribution in [0.25, 0.3) is 0 Å². The zero-order valence-electron chi connectivity index (χ0n) is 15.0. The lowest BCUT2D eigenvalue weighted by Crippen LogP contribution is -2.51. The molecule has 0 unspecified atom stereocenters. The molecular formula is C18H25ClN4O3. The van der Waals surface area contributed by atoms with Crippen molar-refractivity contribution in [3.05, 3.63) is 23.2 Å². The van der Waals surface area contributed by atoms with Crippen LogP contribution in [0.3, 0.4) is 0 Å². The normalized spacial score (nSPS) is 18.4. The number of benzene rings is 1. The minimum atomic E-state index is -0.0776. The minimum absolute atomic E-state index is 0.0776. The highest BCUT2D eigenvalue weighted by molar-refractivity contribution is 6.32. The molecule has 3 rings (SSSR count). The van der Waals surface area contributed by atoms with Gasteiger partial charge in [0.25, 0.3) is 0 Å². The number of rotatable bonds is 7. The fraction of sp³-hybridized carbons (Fsp3) is 0.556. The first-order valence-electron chi connectivity index (χ1n) is 8.91. The van der Waals surface area contributed by atoms with E-state index in [0.717, 1.165) is 39.0 Å². The molecule has 1 aromatic rings. The van der Waals surface area contributed by atoms with E-state index in [1.165, 1.54) is 0 Å². The molecule has 1 heterocycles. The third-order valence-corrected chi connectivity index (χ3v) is 4.87. The Morgan fingerprint density at radius 2 is 1.73 bits per heavy atom. The molecule has 0 bridgehead atoms. The van der Waals surface area contributed by atoms with E-state index >= 15 is 0 Å². The van der Waals surface area contributed by atoms with Crippen molar-refractivity contribution in [3.8, 4) is 5.75 Å². The van der Waals surface area contributed by atoms with E-state index in [4.69, 9.17) is 16.3 Å². The Balaban J connectivity index is 1.38. The lowest BCUT2D eigenvalue weighted by atomic mass is 10.2. The van der Waals surface area contributed by atoms with Crippen molar-refractivity contribution in [3.63, 3.8) is 0 Å². The van der Waals surface area contributed by atoms with Crippen LogP contribution in [0.2, 0.25) is 5.02 Å². The fourth-order valence-electron chi connectivity index (χ4n) is 2.96. The molecule has 2 N–H and O–H groups in total. The summed E-state index contributed by atoms with van der Waals surface area (Å²) in [5.74, 6) is 0.604. The maximum absolute atomic E-state index is 12.2. The fourth-order valence-corrected chi connectivity index (χ4v) is 3.22. The average molecular weight is 381 g/mol. The Labute approximate surface area is 158 Å². The summed E-state index contributed by atoms with van der Waals surface area (Å²) in [6.45, 7) is 3.90. The number of nitrogens with one attached hydrogen (secondary N) is 2. The summed E-state index contributed by atoms with van der Waals surface area (Å²) >= 11 is 6.07. The average Bonchev–Trinajstić information content (AvgIpc) is 3.40. The van der Waals surface area contributed by atoms with Crippen LogP contribution in [-0.2, 0) is 9.59 Å². The van der Waals surface area contributed by atoms with Crippen molar-refractivity contribution >= 4 is 29.1 Å². The van der Waals surface area contributed by atoms with E-state index in [2.05, 4.69) is 20.4 Å². The number of carbonyl (C=O) groups excluding carboxylic acids is 2. The van der Waals surface area contributed by atoms with Gasteiger partial charge in [0.05, 0.1) is 25.2 Å². The van der Waals surface area contributed by atoms with Gasteiger partial charge in [-0.3, -0.25) is 19.4 Å². The molecule has 142 valence electrons. The molecule has 0 atom stereocenters. The van der Waals surface area contributed by atoms with Crippen molar-refractivity contribution in [1.29, 1.82) is 0 Å². The number of hydrogen-bond donors (Lipinski definition) is 2. The number of piperazine rings is 1. The van der Waals surface area contributed by atoms with Gasteiger partial charge < -0.3 is 15.4 Å². The van der Waals surface area contributed by atoms with Gasteiger partial charge in [0.15, 0.2) is 0 Å². The topological polar surface area (TPSA) is 73.9 Å². The highest BCUT2D eigenvalue weighted by atomic mass is 35.5. The van der Waals surface area contributed by atoms with Gasteiger partial charge in [-0.2, -0.15) is 0 Å². The highest BCUT2D eigenvalue weighted by Crippen LogP contribution is 2.27. The molecular weight excluding hydrogens is 356 g/mol. The van der Waals surface area contributed by atoms with Crippen LogP contribution in [0, 0.1) is 0 Å². The third kappa shape index (κ3) is 5.59. The molecule has 0 aromatic heterocycles. The maximum atomic E-state index is 12.2. The predicted molar refractivity (Wildman–Crippen MR) is 101 cm³/mol. The predicted octanol–water partition coefficient (Wildman–Crippen LogP) is 1.18. The zero-order chi connectivity index (χ0) is 18.5. The van der Waals surface area contributed by atoms with Gasteiger partial charge in [-0.15, -0.1) is 0 Å². The van der Waals surface area contributed by atoms with Gasteiger partial charge in [0.2, 0.25) is 11.8 Å². The monoisotopic (exact) mass is 380 g/mol. The lowest BCUT2D eigenvalue weighted by molar-refractivity contribution is -0.123. The van der Waals surface area contributed by atoms with E-state index in [-0.39, 0.29) is 11.8 Å². The number of ether oxygens (including phenoxy) is 1. The second-order valence-electron chi connectivity index (χ2n) is 6.79. The number of halogens is 1. The van der Waals surface area contributed by atoms with Crippen LogP contribution >= 0.6 is 11.6 Å². The van der Waals surface area contributed by atoms with Crippen molar-refractivity contribution in [1.82, 2.24) is 15.1 Å². The number of hydrogen-bond acceptors (Lipinski definition) is 5. The lowest BCUT2D eigenvalue weighted by Gasteiger charge is -2.33. The Morgan fingerprint density at radius 3 is 2.27 bits per heavy atom. The summed E-state index contributed by atoms with van der Waals surface area (Å²) in [5, 5.41) is 6.32. The van der Waals surface area contributed by atoms with Crippen LogP contribution < -0.4 is 15.4 Å². The van der Waals surface area contributed by atoms with Crippen LogP contribution in [0.4, 0.5) is 5.69 Å². The number of amides is 2. The molecule has 7 nitrogen and oxygen atoms in total. The first kappa shape index (κ1) is 18.9. The maximum Gasteiger partial charge on any atom is 0.238 e. The van der Waals surface area contributed by atoms with Gasteiger partial charge >= 0.3 is 0 Å². The molecule has 8 heteroatoms. The van der Waals surface area contributed by atoms with Gasteiger partial charge in [-0.25, -0.2) is 0 Å². The van der Waals surface area contributed by atoms with Crippen molar-refractivity contribution in [2.45, 2.75) is 18.9 Å². The Kier molecular flexibility index (Phi) is 6.34. The highest BCUT2D eigenvalue weighted by Gasteiger charge is 2.25. The molecule has 2 aliphatic rings. The Morgan fingerprint density at radius 1 is 1.12 bits per heavy atom. The summed E-state index contributed by atoms with van der Waals surface area (Å²) in [6.07, 6.45) is 2.21. The SMILES string of the molecule is COc1ccc(NC(=O)CN2CCN(CC(=O)NC3CC3)CC2)cc1Cl. The Hall–Kier alpha value is -1.83. The quantitative estimate of drug-likeness (QED) is 0.743. The molecule has 0 spiro atoms. The van der Waals surface area contributed by atoms with E-state index in [1.54, 1.807) is 25.3 Å². The summed E-state index contributed by atoms with van der Waals surface area (Å²) in [5.41, 5.74) is 0.649. The summed E-state index contributed by atoms with van der Waals surface area (Å²) < 4.78 is 5.10. The van der Waals surface area contributed by atoms with E-state index in [0.29, 0.717) is 35.6 Å². The standard InChI is InChI=1S/C18H25ClN4O3/c1-26-16-5-4-14(10-15(16)19)21-18(25)12-23-8-6-22(7-9-23)11-17(24)20-13-2-3-13/h4-5,10,13H,2-3,6-9,11-12H2,1H3,(H,20,24)(H,21,25). The van der Waals surface area contributed by atoms with Gasteiger partial charge in [0, 0.05) is 37.9 Å². The van der Waals surface area contributed by atoms with E-state index in [1.807, 2.05) is 0 Å². The van der Waals surface area contributed by atoms with Crippen molar-refractivity contribution in [2.75, 3.05) is 51.7 Å².